The summed E-state index contributed by atoms with van der Waals surface area (Å²) in [5.74, 6) is -0.612. The molecule has 1 aliphatic heterocycles. The molecule has 6 nitrogen and oxygen atoms in total. The topological polar surface area (TPSA) is 69.7 Å². The van der Waals surface area contributed by atoms with Crippen LogP contribution in [0.1, 0.15) is 11.1 Å². The van der Waals surface area contributed by atoms with Gasteiger partial charge in [0.1, 0.15) is 6.04 Å². The first-order valence-corrected chi connectivity index (χ1v) is 8.55. The number of nitrogens with one attached hydrogen (secondary N) is 1. The summed E-state index contributed by atoms with van der Waals surface area (Å²) in [5.41, 5.74) is -0.895. The fourth-order valence-electron chi connectivity index (χ4n) is 2.32. The Labute approximate surface area is 142 Å². The Balaban J connectivity index is 2.11. The summed E-state index contributed by atoms with van der Waals surface area (Å²) >= 11 is 5.75. The average Bonchev–Trinajstić information content (AvgIpc) is 2.68. The lowest BCUT2D eigenvalue weighted by molar-refractivity contribution is -0.137. The summed E-state index contributed by atoms with van der Waals surface area (Å²) in [6, 6.07) is 2.44. The molecule has 11 heteroatoms. The molecule has 1 heterocycles. The quantitative estimate of drug-likeness (QED) is 0.856. The third-order valence-electron chi connectivity index (χ3n) is 3.77. The van der Waals surface area contributed by atoms with Crippen molar-refractivity contribution in [2.75, 3.05) is 20.6 Å². The molecule has 24 heavy (non-hydrogen) atoms. The van der Waals surface area contributed by atoms with E-state index in [2.05, 4.69) is 5.32 Å². The highest BCUT2D eigenvalue weighted by molar-refractivity contribution is 7.87. The lowest BCUT2D eigenvalue weighted by Crippen LogP contribution is -2.43. The monoisotopic (exact) mass is 385 g/mol. The van der Waals surface area contributed by atoms with E-state index in [-0.39, 0.29) is 18.7 Å². The molecular weight excluding hydrogens is 371 g/mol. The first kappa shape index (κ1) is 19.0. The lowest BCUT2D eigenvalue weighted by Gasteiger charge is -2.17. The Bertz CT molecular complexity index is 755. The molecule has 134 valence electrons. The smallest absolute Gasteiger partial charge is 0.351 e. The molecule has 1 atom stereocenters. The molecule has 0 spiro atoms. The van der Waals surface area contributed by atoms with Crippen LogP contribution >= 0.6 is 11.6 Å². The molecule has 1 fully saturated rings. The number of rotatable bonds is 3. The van der Waals surface area contributed by atoms with Crippen LogP contribution in [0.15, 0.2) is 18.2 Å². The third-order valence-corrected chi connectivity index (χ3v) is 6.13. The van der Waals surface area contributed by atoms with E-state index < -0.39 is 38.9 Å². The number of carbonyl (C=O) groups excluding carboxylic acids is 1. The number of nitrogens with zero attached hydrogens (tertiary/aromatic N) is 2. The number of likely N-dealkylation sites (N-methyl/N-ethyl adjacent to an activating group) is 2. The molecule has 0 aliphatic carbocycles. The van der Waals surface area contributed by atoms with Gasteiger partial charge in [-0.3, -0.25) is 4.79 Å². The van der Waals surface area contributed by atoms with Gasteiger partial charge in [-0.05, 0) is 11.6 Å². The summed E-state index contributed by atoms with van der Waals surface area (Å²) in [7, 11) is -1.08. The molecule has 0 bridgehead atoms. The Hall–Kier alpha value is -1.36. The molecule has 0 radical (unpaired) electrons. The predicted molar refractivity (Wildman–Crippen MR) is 81.4 cm³/mol. The van der Waals surface area contributed by atoms with Crippen LogP contribution in [0.25, 0.3) is 0 Å². The molecule has 1 saturated heterocycles. The number of halogens is 4. The maximum Gasteiger partial charge on any atom is 0.417 e. The number of benzene rings is 1. The Kier molecular flexibility index (Phi) is 5.14. The van der Waals surface area contributed by atoms with Crippen molar-refractivity contribution in [2.45, 2.75) is 18.8 Å². The maximum atomic E-state index is 12.8. The van der Waals surface area contributed by atoms with Crippen molar-refractivity contribution >= 4 is 27.7 Å². The van der Waals surface area contributed by atoms with Crippen molar-refractivity contribution in [3.63, 3.8) is 0 Å². The highest BCUT2D eigenvalue weighted by atomic mass is 35.5. The molecule has 0 aromatic heterocycles. The standard InChI is InChI=1S/C13H15ClF3N3O3S/c1-19-7-10(20(2)24(19,22)23)12(21)18-6-8-4-3-5-9(11(8)14)13(15,16)17/h3-5,10H,6-7H2,1-2H3,(H,18,21). The second kappa shape index (κ2) is 6.51. The van der Waals surface area contributed by atoms with Crippen LogP contribution < -0.4 is 5.32 Å². The first-order chi connectivity index (χ1) is 11.0. The van der Waals surface area contributed by atoms with Crippen molar-refractivity contribution in [3.8, 4) is 0 Å². The van der Waals surface area contributed by atoms with Crippen molar-refractivity contribution in [1.29, 1.82) is 0 Å². The lowest BCUT2D eigenvalue weighted by atomic mass is 10.1. The highest BCUT2D eigenvalue weighted by Gasteiger charge is 2.43. The second-order valence-corrected chi connectivity index (χ2v) is 7.79. The SMILES string of the molecule is CN1CC(C(=O)NCc2cccc(C(F)(F)F)c2Cl)N(C)S1(=O)=O. The van der Waals surface area contributed by atoms with Gasteiger partial charge >= 0.3 is 6.18 Å². The number of amides is 1. The van der Waals surface area contributed by atoms with Crippen LogP contribution in [0.2, 0.25) is 5.02 Å². The summed E-state index contributed by atoms with van der Waals surface area (Å²) in [4.78, 5) is 12.1. The average molecular weight is 386 g/mol. The second-order valence-electron chi connectivity index (χ2n) is 5.31. The van der Waals surface area contributed by atoms with Crippen molar-refractivity contribution in [1.82, 2.24) is 13.9 Å². The summed E-state index contributed by atoms with van der Waals surface area (Å²) < 4.78 is 64.0. The molecule has 1 aliphatic rings. The third kappa shape index (κ3) is 3.51. The van der Waals surface area contributed by atoms with Gasteiger partial charge in [-0.1, -0.05) is 23.7 Å². The molecule has 1 N–H and O–H groups in total. The first-order valence-electron chi connectivity index (χ1n) is 6.78. The van der Waals surface area contributed by atoms with Crippen LogP contribution in [0.3, 0.4) is 0 Å². The van der Waals surface area contributed by atoms with Gasteiger partial charge in [0.25, 0.3) is 10.2 Å². The van der Waals surface area contributed by atoms with Crippen LogP contribution in [0, 0.1) is 0 Å². The minimum absolute atomic E-state index is 0.0407. The maximum absolute atomic E-state index is 12.8. The zero-order chi connectivity index (χ0) is 18.3. The van der Waals surface area contributed by atoms with Crippen LogP contribution in [-0.2, 0) is 27.7 Å². The minimum Gasteiger partial charge on any atom is -0.351 e. The number of hydrogen-bond donors (Lipinski definition) is 1. The normalized spacial score (nSPS) is 21.8. The molecule has 1 aromatic carbocycles. The number of carbonyl (C=O) groups is 1. The van der Waals surface area contributed by atoms with E-state index >= 15 is 0 Å². The molecule has 1 amide bonds. The zero-order valence-electron chi connectivity index (χ0n) is 12.8. The van der Waals surface area contributed by atoms with Crippen molar-refractivity contribution in [3.05, 3.63) is 34.3 Å². The van der Waals surface area contributed by atoms with Crippen molar-refractivity contribution < 1.29 is 26.4 Å². The molecular formula is C13H15ClF3N3O3S. The van der Waals surface area contributed by atoms with Crippen molar-refractivity contribution in [2.24, 2.45) is 0 Å². The van der Waals surface area contributed by atoms with Crippen LogP contribution in [0.5, 0.6) is 0 Å². The fraction of sp³-hybridized carbons (Fsp3) is 0.462. The molecule has 2 rings (SSSR count). The number of alkyl halides is 3. The van der Waals surface area contributed by atoms with Gasteiger partial charge in [0.15, 0.2) is 0 Å². The van der Waals surface area contributed by atoms with Gasteiger partial charge in [-0.25, -0.2) is 0 Å². The largest absolute Gasteiger partial charge is 0.417 e. The Morgan fingerprint density at radius 3 is 2.50 bits per heavy atom. The van der Waals surface area contributed by atoms with E-state index in [4.69, 9.17) is 11.6 Å². The van der Waals surface area contributed by atoms with Gasteiger partial charge in [0.05, 0.1) is 10.6 Å². The number of hydrogen-bond acceptors (Lipinski definition) is 3. The summed E-state index contributed by atoms with van der Waals surface area (Å²) in [6.07, 6.45) is -4.60. The van der Waals surface area contributed by atoms with E-state index in [1.54, 1.807) is 0 Å². The van der Waals surface area contributed by atoms with E-state index in [9.17, 15) is 26.4 Å². The summed E-state index contributed by atoms with van der Waals surface area (Å²) in [6.45, 7) is -0.281. The highest BCUT2D eigenvalue weighted by Crippen LogP contribution is 2.36. The van der Waals surface area contributed by atoms with E-state index in [0.717, 1.165) is 14.7 Å². The van der Waals surface area contributed by atoms with Gasteiger partial charge < -0.3 is 5.32 Å². The van der Waals surface area contributed by atoms with Gasteiger partial charge in [-0.15, -0.1) is 0 Å². The van der Waals surface area contributed by atoms with E-state index in [0.29, 0.717) is 0 Å². The Morgan fingerprint density at radius 1 is 1.38 bits per heavy atom. The van der Waals surface area contributed by atoms with E-state index in [1.165, 1.54) is 26.2 Å². The summed E-state index contributed by atoms with van der Waals surface area (Å²) in [5, 5.41) is 1.93. The zero-order valence-corrected chi connectivity index (χ0v) is 14.3. The molecule has 0 saturated carbocycles. The van der Waals surface area contributed by atoms with Crippen LogP contribution in [0.4, 0.5) is 13.2 Å². The van der Waals surface area contributed by atoms with Crippen LogP contribution in [-0.4, -0.2) is 49.6 Å². The van der Waals surface area contributed by atoms with Gasteiger partial charge in [0, 0.05) is 27.2 Å². The fourth-order valence-corrected chi connectivity index (χ4v) is 3.87. The van der Waals surface area contributed by atoms with Gasteiger partial charge in [-0.2, -0.15) is 30.2 Å². The molecule has 1 unspecified atom stereocenters. The van der Waals surface area contributed by atoms with Gasteiger partial charge in [0.2, 0.25) is 5.91 Å². The minimum atomic E-state index is -4.60. The molecule has 1 aromatic rings. The predicted octanol–water partition coefficient (Wildman–Crippen LogP) is 1.47. The van der Waals surface area contributed by atoms with E-state index in [1.807, 2.05) is 0 Å². The Morgan fingerprint density at radius 2 is 2.00 bits per heavy atom.